The predicted molar refractivity (Wildman–Crippen MR) is 289 cm³/mol. The Kier molecular flexibility index (Phi) is 9.06. The highest BCUT2D eigenvalue weighted by molar-refractivity contribution is 6.04. The van der Waals surface area contributed by atoms with Crippen LogP contribution >= 0.6 is 0 Å². The van der Waals surface area contributed by atoms with Gasteiger partial charge in [0.1, 0.15) is 0 Å². The summed E-state index contributed by atoms with van der Waals surface area (Å²) >= 11 is 0. The summed E-state index contributed by atoms with van der Waals surface area (Å²) in [6.45, 7) is 0. The first-order chi connectivity index (χ1) is 34.8. The highest BCUT2D eigenvalue weighted by Crippen LogP contribution is 2.66. The third-order valence-electron chi connectivity index (χ3n) is 15.3. The molecule has 70 heavy (non-hydrogen) atoms. The first kappa shape index (κ1) is 40.1. The lowest BCUT2D eigenvalue weighted by Gasteiger charge is -2.45. The van der Waals surface area contributed by atoms with E-state index in [4.69, 9.17) is 0 Å². The summed E-state index contributed by atoms with van der Waals surface area (Å²) in [4.78, 5) is 5.03. The van der Waals surface area contributed by atoms with Crippen molar-refractivity contribution in [2.45, 2.75) is 10.8 Å². The van der Waals surface area contributed by atoms with E-state index in [0.717, 1.165) is 22.7 Å². The minimum atomic E-state index is -0.607. The van der Waals surface area contributed by atoms with Crippen LogP contribution in [0.1, 0.15) is 44.5 Å². The van der Waals surface area contributed by atoms with Gasteiger partial charge in [0.2, 0.25) is 0 Å². The van der Waals surface area contributed by atoms with Gasteiger partial charge in [0.15, 0.2) is 0 Å². The molecule has 0 saturated carbocycles. The highest BCUT2D eigenvalue weighted by Gasteiger charge is 2.53. The smallest absolute Gasteiger partial charge is 0.0755 e. The average Bonchev–Trinajstić information content (AvgIpc) is 3.92. The van der Waals surface area contributed by atoms with Crippen molar-refractivity contribution in [1.29, 1.82) is 0 Å². The minimum Gasteiger partial charge on any atom is -0.310 e. The molecular formula is C68H46N2. The lowest BCUT2D eigenvalue weighted by atomic mass is 9.64. The van der Waals surface area contributed by atoms with Crippen molar-refractivity contribution in [1.82, 2.24) is 0 Å². The van der Waals surface area contributed by atoms with E-state index >= 15 is 0 Å². The van der Waals surface area contributed by atoms with E-state index in [1.54, 1.807) is 0 Å². The zero-order valence-electron chi connectivity index (χ0n) is 38.5. The van der Waals surface area contributed by atoms with Crippen LogP contribution in [-0.4, -0.2) is 0 Å². The topological polar surface area (TPSA) is 6.48 Å². The van der Waals surface area contributed by atoms with Gasteiger partial charge in [-0.1, -0.05) is 231 Å². The monoisotopic (exact) mass is 890 g/mol. The molecule has 2 nitrogen and oxygen atoms in total. The third-order valence-corrected chi connectivity index (χ3v) is 15.3. The number of hydrogen-bond donors (Lipinski definition) is 0. The van der Waals surface area contributed by atoms with Crippen molar-refractivity contribution in [3.05, 3.63) is 324 Å². The van der Waals surface area contributed by atoms with Crippen LogP contribution in [-0.2, 0) is 10.8 Å². The Balaban J connectivity index is 1.08. The zero-order chi connectivity index (χ0) is 46.2. The molecule has 328 valence electrons. The Hall–Kier alpha value is -8.98. The van der Waals surface area contributed by atoms with Crippen LogP contribution in [0.25, 0.3) is 33.4 Å². The van der Waals surface area contributed by atoms with E-state index in [2.05, 4.69) is 289 Å². The van der Waals surface area contributed by atoms with Crippen molar-refractivity contribution in [2.24, 2.45) is 0 Å². The molecule has 0 N–H and O–H groups in total. The van der Waals surface area contributed by atoms with Crippen LogP contribution in [0.5, 0.6) is 0 Å². The zero-order valence-corrected chi connectivity index (χ0v) is 38.5. The van der Waals surface area contributed by atoms with Gasteiger partial charge >= 0.3 is 0 Å². The van der Waals surface area contributed by atoms with Crippen molar-refractivity contribution >= 4 is 34.1 Å². The Morgan fingerprint density at radius 1 is 0.271 bits per heavy atom. The van der Waals surface area contributed by atoms with E-state index in [9.17, 15) is 0 Å². The van der Waals surface area contributed by atoms with E-state index in [-0.39, 0.29) is 0 Å². The van der Waals surface area contributed by atoms with Gasteiger partial charge in [-0.05, 0) is 115 Å². The van der Waals surface area contributed by atoms with Gasteiger partial charge in [0.25, 0.3) is 0 Å². The summed E-state index contributed by atoms with van der Waals surface area (Å²) in [5.74, 6) is 0. The summed E-state index contributed by atoms with van der Waals surface area (Å²) in [5.41, 5.74) is 23.2. The molecule has 2 heteroatoms. The quantitative estimate of drug-likeness (QED) is 0.157. The average molecular weight is 891 g/mol. The van der Waals surface area contributed by atoms with Crippen LogP contribution in [0.4, 0.5) is 34.1 Å². The van der Waals surface area contributed by atoms with Crippen LogP contribution in [0, 0.1) is 0 Å². The van der Waals surface area contributed by atoms with Gasteiger partial charge in [-0.2, -0.15) is 0 Å². The molecule has 0 amide bonds. The van der Waals surface area contributed by atoms with Crippen LogP contribution in [0.15, 0.2) is 279 Å². The summed E-state index contributed by atoms with van der Waals surface area (Å²) < 4.78 is 0. The Labute approximate surface area is 409 Å². The molecule has 0 fully saturated rings. The second kappa shape index (κ2) is 15.8. The normalized spacial score (nSPS) is 13.9. The highest BCUT2D eigenvalue weighted by atomic mass is 15.2. The van der Waals surface area contributed by atoms with E-state index in [0.29, 0.717) is 0 Å². The molecule has 0 unspecified atom stereocenters. The van der Waals surface area contributed by atoms with Crippen LogP contribution in [0.3, 0.4) is 0 Å². The number of rotatable bonds is 7. The maximum atomic E-state index is 2.57. The Bertz CT molecular complexity index is 3680. The molecule has 3 aliphatic rings. The molecule has 0 atom stereocenters. The molecular weight excluding hydrogens is 845 g/mol. The van der Waals surface area contributed by atoms with Gasteiger partial charge in [0, 0.05) is 22.5 Å². The van der Waals surface area contributed by atoms with Crippen molar-refractivity contribution in [3.8, 4) is 33.4 Å². The second-order valence-electron chi connectivity index (χ2n) is 18.7. The number of benzene rings is 11. The molecule has 0 radical (unpaired) electrons. The standard InChI is InChI=1S/C68H46N2/c1-5-23-47(24-6-1)48-43-45-52(46-44-48)70(63-41-21-37-59-65(63)53-31-13-15-33-55(53)67(59,49-25-7-2-8-26-49)50-27-9-3-10-28-50)64-42-22-38-60-66(64)54-32-14-16-34-56(54)68(60)57-35-17-19-39-61(57)69(51-29-11-4-12-30-51)62-40-20-18-36-58(62)68/h1-46H. The SMILES string of the molecule is c1ccc(-c2ccc(N(c3cccc4c3-c3ccccc3C4(c3ccccc3)c3ccccc3)c3cccc4c3-c3ccccc3C43c4ccccc4N(c4ccccc4)c4ccccc43)cc2)cc1. The maximum absolute atomic E-state index is 2.57. The lowest BCUT2D eigenvalue weighted by molar-refractivity contribution is 0.752. The number of anilines is 6. The van der Waals surface area contributed by atoms with Crippen molar-refractivity contribution in [2.75, 3.05) is 9.80 Å². The Morgan fingerprint density at radius 3 is 1.19 bits per heavy atom. The summed E-state index contributed by atoms with van der Waals surface area (Å²) in [6.07, 6.45) is 0. The van der Waals surface area contributed by atoms with Crippen LogP contribution < -0.4 is 9.80 Å². The molecule has 0 aromatic heterocycles. The van der Waals surface area contributed by atoms with Gasteiger partial charge in [-0.15, -0.1) is 0 Å². The first-order valence-corrected chi connectivity index (χ1v) is 24.4. The molecule has 11 aromatic carbocycles. The fraction of sp³-hybridized carbons (Fsp3) is 0.0294. The number of para-hydroxylation sites is 3. The van der Waals surface area contributed by atoms with Crippen molar-refractivity contribution in [3.63, 3.8) is 0 Å². The molecule has 1 heterocycles. The summed E-state index contributed by atoms with van der Waals surface area (Å²) in [7, 11) is 0. The fourth-order valence-electron chi connectivity index (χ4n) is 12.7. The number of hydrogen-bond acceptors (Lipinski definition) is 2. The first-order valence-electron chi connectivity index (χ1n) is 24.4. The summed E-state index contributed by atoms with van der Waals surface area (Å²) in [6, 6.07) is 104. The number of fused-ring (bicyclic) bond motifs is 12. The largest absolute Gasteiger partial charge is 0.310 e. The van der Waals surface area contributed by atoms with E-state index in [1.807, 2.05) is 0 Å². The van der Waals surface area contributed by atoms with E-state index in [1.165, 1.54) is 89.3 Å². The van der Waals surface area contributed by atoms with Gasteiger partial charge in [0.05, 0.1) is 33.6 Å². The predicted octanol–water partition coefficient (Wildman–Crippen LogP) is 17.3. The van der Waals surface area contributed by atoms with Crippen molar-refractivity contribution < 1.29 is 0 Å². The Morgan fingerprint density at radius 2 is 0.657 bits per heavy atom. The van der Waals surface area contributed by atoms with Gasteiger partial charge in [-0.25, -0.2) is 0 Å². The molecule has 1 spiro atoms. The van der Waals surface area contributed by atoms with E-state index < -0.39 is 10.8 Å². The molecule has 0 bridgehead atoms. The molecule has 2 aliphatic carbocycles. The number of nitrogens with zero attached hydrogens (tertiary/aromatic N) is 2. The molecule has 11 aromatic rings. The summed E-state index contributed by atoms with van der Waals surface area (Å²) in [5, 5.41) is 0. The van der Waals surface area contributed by atoms with Crippen LogP contribution in [0.2, 0.25) is 0 Å². The molecule has 1 aliphatic heterocycles. The molecule has 0 saturated heterocycles. The third kappa shape index (κ3) is 5.56. The molecule has 14 rings (SSSR count). The fourth-order valence-corrected chi connectivity index (χ4v) is 12.7. The lowest BCUT2D eigenvalue weighted by Crippen LogP contribution is -2.36. The second-order valence-corrected chi connectivity index (χ2v) is 18.7. The van der Waals surface area contributed by atoms with Gasteiger partial charge in [-0.3, -0.25) is 0 Å². The van der Waals surface area contributed by atoms with Gasteiger partial charge < -0.3 is 9.80 Å². The minimum absolute atomic E-state index is 0.553. The maximum Gasteiger partial charge on any atom is 0.0755 e.